The van der Waals surface area contributed by atoms with Gasteiger partial charge in [0.15, 0.2) is 5.82 Å². The van der Waals surface area contributed by atoms with E-state index in [0.717, 1.165) is 0 Å². The number of hydrogen-bond acceptors (Lipinski definition) is 5. The molecule has 21 heavy (non-hydrogen) atoms. The quantitative estimate of drug-likeness (QED) is 0.548. The summed E-state index contributed by atoms with van der Waals surface area (Å²) in [4.78, 5) is 10.2. The van der Waals surface area contributed by atoms with E-state index < -0.39 is 4.92 Å². The Kier molecular flexibility index (Phi) is 3.33. The summed E-state index contributed by atoms with van der Waals surface area (Å²) in [6, 6.07) is 13.1. The molecule has 104 valence electrons. The van der Waals surface area contributed by atoms with Crippen molar-refractivity contribution in [3.05, 3.63) is 63.7 Å². The SMILES string of the molecule is O=[N+]([O-])c1ccc(-n2nnnc2-c2ccccc2Cl)cc1. The van der Waals surface area contributed by atoms with Crippen molar-refractivity contribution in [2.45, 2.75) is 0 Å². The zero-order valence-electron chi connectivity index (χ0n) is 10.5. The topological polar surface area (TPSA) is 86.7 Å². The largest absolute Gasteiger partial charge is 0.269 e. The lowest BCUT2D eigenvalue weighted by Crippen LogP contribution is -2.00. The van der Waals surface area contributed by atoms with Gasteiger partial charge >= 0.3 is 0 Å². The fourth-order valence-electron chi connectivity index (χ4n) is 1.89. The van der Waals surface area contributed by atoms with Gasteiger partial charge in [-0.05, 0) is 34.7 Å². The molecule has 3 aromatic rings. The first-order valence-corrected chi connectivity index (χ1v) is 6.33. The molecule has 0 unspecified atom stereocenters. The molecule has 0 N–H and O–H groups in total. The van der Waals surface area contributed by atoms with Gasteiger partial charge in [-0.2, -0.15) is 4.68 Å². The molecule has 3 rings (SSSR count). The van der Waals surface area contributed by atoms with Crippen molar-refractivity contribution in [2.24, 2.45) is 0 Å². The zero-order valence-corrected chi connectivity index (χ0v) is 11.3. The van der Waals surface area contributed by atoms with E-state index in [4.69, 9.17) is 11.6 Å². The van der Waals surface area contributed by atoms with Crippen LogP contribution in [-0.2, 0) is 0 Å². The zero-order chi connectivity index (χ0) is 14.8. The second-order valence-electron chi connectivity index (χ2n) is 4.17. The maximum atomic E-state index is 10.7. The maximum Gasteiger partial charge on any atom is 0.269 e. The van der Waals surface area contributed by atoms with Gasteiger partial charge in [-0.1, -0.05) is 23.7 Å². The molecule has 0 radical (unpaired) electrons. The summed E-state index contributed by atoms with van der Waals surface area (Å²) in [5.41, 5.74) is 1.30. The molecule has 0 aliphatic heterocycles. The van der Waals surface area contributed by atoms with Crippen molar-refractivity contribution in [3.63, 3.8) is 0 Å². The van der Waals surface area contributed by atoms with E-state index >= 15 is 0 Å². The molecular weight excluding hydrogens is 294 g/mol. The van der Waals surface area contributed by atoms with Crippen molar-refractivity contribution in [1.82, 2.24) is 20.2 Å². The number of non-ortho nitro benzene ring substituents is 1. The first-order valence-electron chi connectivity index (χ1n) is 5.95. The van der Waals surface area contributed by atoms with Crippen LogP contribution in [-0.4, -0.2) is 25.1 Å². The van der Waals surface area contributed by atoms with Gasteiger partial charge in [0.1, 0.15) is 0 Å². The number of nitro groups is 1. The summed E-state index contributed by atoms with van der Waals surface area (Å²) < 4.78 is 1.48. The Morgan fingerprint density at radius 2 is 1.81 bits per heavy atom. The van der Waals surface area contributed by atoms with Gasteiger partial charge in [-0.15, -0.1) is 5.10 Å². The van der Waals surface area contributed by atoms with E-state index in [1.165, 1.54) is 16.8 Å². The van der Waals surface area contributed by atoms with Crippen LogP contribution in [0.25, 0.3) is 17.1 Å². The average Bonchev–Trinajstić information content (AvgIpc) is 2.97. The van der Waals surface area contributed by atoms with Crippen LogP contribution in [0, 0.1) is 10.1 Å². The Bertz CT molecular complexity index is 800. The Balaban J connectivity index is 2.07. The Morgan fingerprint density at radius 1 is 1.10 bits per heavy atom. The number of nitro benzene ring substituents is 1. The lowest BCUT2D eigenvalue weighted by Gasteiger charge is -2.05. The highest BCUT2D eigenvalue weighted by atomic mass is 35.5. The summed E-state index contributed by atoms with van der Waals surface area (Å²) in [6.07, 6.45) is 0. The van der Waals surface area contributed by atoms with E-state index in [-0.39, 0.29) is 5.69 Å². The lowest BCUT2D eigenvalue weighted by molar-refractivity contribution is -0.384. The summed E-state index contributed by atoms with van der Waals surface area (Å²) in [5, 5.41) is 22.7. The van der Waals surface area contributed by atoms with E-state index in [0.29, 0.717) is 22.1 Å². The van der Waals surface area contributed by atoms with Crippen LogP contribution >= 0.6 is 11.6 Å². The predicted molar refractivity (Wildman–Crippen MR) is 76.3 cm³/mol. The van der Waals surface area contributed by atoms with E-state index in [2.05, 4.69) is 15.5 Å². The highest BCUT2D eigenvalue weighted by molar-refractivity contribution is 6.33. The first-order chi connectivity index (χ1) is 10.2. The third-order valence-electron chi connectivity index (χ3n) is 2.89. The third kappa shape index (κ3) is 2.46. The molecule has 0 saturated heterocycles. The molecule has 0 saturated carbocycles. The van der Waals surface area contributed by atoms with Crippen LogP contribution in [0.2, 0.25) is 5.02 Å². The van der Waals surface area contributed by atoms with Crippen LogP contribution in [0.3, 0.4) is 0 Å². The van der Waals surface area contributed by atoms with Crippen LogP contribution in [0.4, 0.5) is 5.69 Å². The van der Waals surface area contributed by atoms with Gasteiger partial charge in [0, 0.05) is 17.7 Å². The second-order valence-corrected chi connectivity index (χ2v) is 4.57. The predicted octanol–water partition coefficient (Wildman–Crippen LogP) is 2.89. The van der Waals surface area contributed by atoms with E-state index in [1.54, 1.807) is 24.3 Å². The molecule has 1 heterocycles. The maximum absolute atomic E-state index is 10.7. The molecule has 1 aromatic heterocycles. The van der Waals surface area contributed by atoms with Crippen LogP contribution < -0.4 is 0 Å². The normalized spacial score (nSPS) is 10.5. The van der Waals surface area contributed by atoms with Gasteiger partial charge in [-0.3, -0.25) is 10.1 Å². The monoisotopic (exact) mass is 301 g/mol. The minimum atomic E-state index is -0.460. The minimum Gasteiger partial charge on any atom is -0.258 e. The summed E-state index contributed by atoms with van der Waals surface area (Å²) >= 11 is 6.14. The number of halogens is 1. The summed E-state index contributed by atoms with van der Waals surface area (Å²) in [7, 11) is 0. The van der Waals surface area contributed by atoms with Crippen LogP contribution in [0.15, 0.2) is 48.5 Å². The Hall–Kier alpha value is -2.80. The van der Waals surface area contributed by atoms with Crippen molar-refractivity contribution >= 4 is 17.3 Å². The molecule has 0 atom stereocenters. The van der Waals surface area contributed by atoms with Gasteiger partial charge < -0.3 is 0 Å². The second kappa shape index (κ2) is 5.29. The molecule has 2 aromatic carbocycles. The fraction of sp³-hybridized carbons (Fsp3) is 0. The minimum absolute atomic E-state index is 0.00566. The number of benzene rings is 2. The van der Waals surface area contributed by atoms with E-state index in [1.807, 2.05) is 12.1 Å². The van der Waals surface area contributed by atoms with Gasteiger partial charge in [0.25, 0.3) is 5.69 Å². The van der Waals surface area contributed by atoms with E-state index in [9.17, 15) is 10.1 Å². The molecule has 0 fully saturated rings. The van der Waals surface area contributed by atoms with Gasteiger partial charge in [-0.25, -0.2) is 0 Å². The standard InChI is InChI=1S/C13H8ClN5O2/c14-12-4-2-1-3-11(12)13-15-16-17-18(13)9-5-7-10(8-6-9)19(20)21/h1-8H. The van der Waals surface area contributed by atoms with Crippen molar-refractivity contribution < 1.29 is 4.92 Å². The number of rotatable bonds is 3. The number of hydrogen-bond donors (Lipinski definition) is 0. The smallest absolute Gasteiger partial charge is 0.258 e. The molecule has 0 aliphatic carbocycles. The number of tetrazole rings is 1. The van der Waals surface area contributed by atoms with Gasteiger partial charge in [0.2, 0.25) is 0 Å². The fourth-order valence-corrected chi connectivity index (χ4v) is 2.11. The first kappa shape index (κ1) is 13.2. The summed E-state index contributed by atoms with van der Waals surface area (Å²) in [6.45, 7) is 0. The summed E-state index contributed by atoms with van der Waals surface area (Å²) in [5.74, 6) is 0.467. The Labute approximate surface area is 123 Å². The molecule has 8 heteroatoms. The lowest BCUT2D eigenvalue weighted by atomic mass is 10.2. The molecular formula is C13H8ClN5O2. The molecule has 0 amide bonds. The third-order valence-corrected chi connectivity index (χ3v) is 3.22. The molecule has 0 bridgehead atoms. The molecule has 0 spiro atoms. The average molecular weight is 302 g/mol. The molecule has 0 aliphatic rings. The van der Waals surface area contributed by atoms with Crippen molar-refractivity contribution in [1.29, 1.82) is 0 Å². The number of aromatic nitrogens is 4. The highest BCUT2D eigenvalue weighted by Gasteiger charge is 2.14. The van der Waals surface area contributed by atoms with Gasteiger partial charge in [0.05, 0.1) is 15.6 Å². The molecule has 7 nitrogen and oxygen atoms in total. The number of nitrogens with zero attached hydrogens (tertiary/aromatic N) is 5. The Morgan fingerprint density at radius 3 is 2.48 bits per heavy atom. The van der Waals surface area contributed by atoms with Crippen LogP contribution in [0.1, 0.15) is 0 Å². The van der Waals surface area contributed by atoms with Crippen molar-refractivity contribution in [2.75, 3.05) is 0 Å². The van der Waals surface area contributed by atoms with Crippen LogP contribution in [0.5, 0.6) is 0 Å². The van der Waals surface area contributed by atoms with Crippen molar-refractivity contribution in [3.8, 4) is 17.1 Å². The highest BCUT2D eigenvalue weighted by Crippen LogP contribution is 2.27.